The number of hydrogen-bond acceptors (Lipinski definition) is 6. The molecule has 3 rings (SSSR count). The van der Waals surface area contributed by atoms with Crippen molar-refractivity contribution in [2.24, 2.45) is 0 Å². The summed E-state index contributed by atoms with van der Waals surface area (Å²) in [7, 11) is 2.46. The summed E-state index contributed by atoms with van der Waals surface area (Å²) in [5.41, 5.74) is 1.65. The van der Waals surface area contributed by atoms with E-state index in [0.717, 1.165) is 9.87 Å². The van der Waals surface area contributed by atoms with E-state index < -0.39 is 10.0 Å². The van der Waals surface area contributed by atoms with Crippen LogP contribution >= 0.6 is 11.6 Å². The highest BCUT2D eigenvalue weighted by molar-refractivity contribution is 7.89. The molecule has 0 heterocycles. The second kappa shape index (κ2) is 10.8. The monoisotopic (exact) mass is 504 g/mol. The van der Waals surface area contributed by atoms with E-state index in [0.29, 0.717) is 33.5 Å². The maximum atomic E-state index is 12.7. The van der Waals surface area contributed by atoms with Crippen LogP contribution in [0.25, 0.3) is 0 Å². The number of methoxy groups -OCH3 is 2. The van der Waals surface area contributed by atoms with Gasteiger partial charge in [0.1, 0.15) is 23.9 Å². The molecule has 0 aliphatic carbocycles. The molecule has 0 spiro atoms. The maximum Gasteiger partial charge on any atom is 0.255 e. The molecule has 34 heavy (non-hydrogen) atoms. The molecule has 8 nitrogen and oxygen atoms in total. The number of ether oxygens (including phenoxy) is 3. The van der Waals surface area contributed by atoms with E-state index in [1.165, 1.54) is 28.3 Å². The number of hydrogen-bond donors (Lipinski definition) is 1. The Morgan fingerprint density at radius 3 is 2.12 bits per heavy atom. The Morgan fingerprint density at radius 1 is 0.941 bits per heavy atom. The smallest absolute Gasteiger partial charge is 0.255 e. The van der Waals surface area contributed by atoms with Gasteiger partial charge in [-0.2, -0.15) is 0 Å². The highest BCUT2D eigenvalue weighted by Crippen LogP contribution is 2.36. The van der Waals surface area contributed by atoms with Crippen molar-refractivity contribution in [2.75, 3.05) is 33.6 Å². The molecule has 0 bridgehead atoms. The number of carbonyl (C=O) groups excluding carboxylic acids is 1. The zero-order chi connectivity index (χ0) is 24.9. The van der Waals surface area contributed by atoms with E-state index in [1.54, 1.807) is 60.7 Å². The van der Waals surface area contributed by atoms with Gasteiger partial charge in [-0.25, -0.2) is 12.7 Å². The summed E-state index contributed by atoms with van der Waals surface area (Å²) < 4.78 is 41.7. The van der Waals surface area contributed by atoms with Gasteiger partial charge in [0.05, 0.1) is 29.8 Å². The summed E-state index contributed by atoms with van der Waals surface area (Å²) in [4.78, 5) is 12.9. The van der Waals surface area contributed by atoms with Crippen LogP contribution in [-0.2, 0) is 16.6 Å². The Hall–Kier alpha value is -3.27. The predicted octanol–water partition coefficient (Wildman–Crippen LogP) is 4.44. The van der Waals surface area contributed by atoms with Crippen molar-refractivity contribution in [3.8, 4) is 17.2 Å². The van der Waals surface area contributed by atoms with Crippen molar-refractivity contribution in [1.29, 1.82) is 0 Å². The van der Waals surface area contributed by atoms with Crippen LogP contribution in [0, 0.1) is 0 Å². The van der Waals surface area contributed by atoms with Gasteiger partial charge in [0.15, 0.2) is 0 Å². The number of sulfonamides is 1. The van der Waals surface area contributed by atoms with E-state index in [9.17, 15) is 13.2 Å². The maximum absolute atomic E-state index is 12.7. The summed E-state index contributed by atoms with van der Waals surface area (Å²) in [5.74, 6) is 1.04. The van der Waals surface area contributed by atoms with Crippen molar-refractivity contribution >= 4 is 33.2 Å². The first-order chi connectivity index (χ1) is 16.1. The van der Waals surface area contributed by atoms with E-state index in [1.807, 2.05) is 0 Å². The molecular weight excluding hydrogens is 480 g/mol. The number of benzene rings is 3. The fourth-order valence-corrected chi connectivity index (χ4v) is 4.12. The van der Waals surface area contributed by atoms with Crippen molar-refractivity contribution in [3.63, 3.8) is 0 Å². The van der Waals surface area contributed by atoms with Gasteiger partial charge < -0.3 is 19.5 Å². The lowest BCUT2D eigenvalue weighted by Crippen LogP contribution is -2.22. The van der Waals surface area contributed by atoms with Crippen LogP contribution in [0.15, 0.2) is 65.6 Å². The first kappa shape index (κ1) is 25.4. The quantitative estimate of drug-likeness (QED) is 0.463. The molecule has 180 valence electrons. The Balaban J connectivity index is 1.64. The summed E-state index contributed by atoms with van der Waals surface area (Å²) in [6.07, 6.45) is 0. The third-order valence-corrected chi connectivity index (χ3v) is 7.07. The zero-order valence-corrected chi connectivity index (χ0v) is 20.7. The third kappa shape index (κ3) is 5.80. The highest BCUT2D eigenvalue weighted by Gasteiger charge is 2.17. The molecule has 0 radical (unpaired) electrons. The lowest BCUT2D eigenvalue weighted by molar-refractivity contribution is 0.102. The lowest BCUT2D eigenvalue weighted by Gasteiger charge is -2.13. The number of amides is 1. The molecule has 0 saturated heterocycles. The van der Waals surface area contributed by atoms with Gasteiger partial charge in [0.2, 0.25) is 10.0 Å². The molecule has 0 aliphatic heterocycles. The molecule has 1 amide bonds. The van der Waals surface area contributed by atoms with Gasteiger partial charge in [-0.05, 0) is 42.0 Å². The van der Waals surface area contributed by atoms with Crippen molar-refractivity contribution < 1.29 is 27.4 Å². The topological polar surface area (TPSA) is 94.2 Å². The van der Waals surface area contributed by atoms with Gasteiger partial charge in [-0.1, -0.05) is 23.7 Å². The Morgan fingerprint density at radius 2 is 1.56 bits per heavy atom. The van der Waals surface area contributed by atoms with Crippen molar-refractivity contribution in [1.82, 2.24) is 4.31 Å². The minimum Gasteiger partial charge on any atom is -0.495 e. The number of rotatable bonds is 9. The van der Waals surface area contributed by atoms with E-state index in [2.05, 4.69) is 5.32 Å². The predicted molar refractivity (Wildman–Crippen MR) is 131 cm³/mol. The molecule has 0 atom stereocenters. The average molecular weight is 505 g/mol. The van der Waals surface area contributed by atoms with Crippen molar-refractivity contribution in [2.45, 2.75) is 11.5 Å². The average Bonchev–Trinajstić information content (AvgIpc) is 2.83. The second-order valence-electron chi connectivity index (χ2n) is 7.39. The van der Waals surface area contributed by atoms with Crippen LogP contribution in [0.5, 0.6) is 17.2 Å². The molecule has 0 aliphatic rings. The van der Waals surface area contributed by atoms with Crippen LogP contribution in [0.3, 0.4) is 0 Å². The Labute approximate surface area is 204 Å². The molecule has 3 aromatic carbocycles. The summed E-state index contributed by atoms with van der Waals surface area (Å²) in [6.45, 7) is 0.246. The van der Waals surface area contributed by atoms with Gasteiger partial charge >= 0.3 is 0 Å². The molecule has 1 N–H and O–H groups in total. The minimum absolute atomic E-state index is 0.214. The van der Waals surface area contributed by atoms with Crippen LogP contribution in [-0.4, -0.2) is 46.9 Å². The molecule has 0 fully saturated rings. The second-order valence-corrected chi connectivity index (χ2v) is 9.94. The first-order valence-electron chi connectivity index (χ1n) is 10.1. The first-order valence-corrected chi connectivity index (χ1v) is 11.9. The van der Waals surface area contributed by atoms with Crippen molar-refractivity contribution in [3.05, 3.63) is 76.8 Å². The van der Waals surface area contributed by atoms with E-state index in [4.69, 9.17) is 25.8 Å². The van der Waals surface area contributed by atoms with Crippen LogP contribution in [0.2, 0.25) is 5.02 Å². The fourth-order valence-electron chi connectivity index (χ4n) is 2.99. The van der Waals surface area contributed by atoms with Gasteiger partial charge in [0.25, 0.3) is 5.91 Å². The Kier molecular flexibility index (Phi) is 8.03. The Bertz CT molecular complexity index is 1260. The summed E-state index contributed by atoms with van der Waals surface area (Å²) in [5, 5.41) is 3.15. The number of nitrogens with one attached hydrogen (secondary N) is 1. The summed E-state index contributed by atoms with van der Waals surface area (Å²) >= 11 is 6.11. The SMILES string of the molecule is COc1cc(NC(=O)c2ccc(OCc3ccc(S(=O)(=O)N(C)C)cc3)cc2)c(OC)cc1Cl. The minimum atomic E-state index is -3.47. The van der Waals surface area contributed by atoms with Gasteiger partial charge in [-0.3, -0.25) is 4.79 Å². The largest absolute Gasteiger partial charge is 0.495 e. The molecular formula is C24H25ClN2O6S. The molecule has 0 saturated carbocycles. The molecule has 0 aromatic heterocycles. The standard InChI is InChI=1S/C24H25ClN2O6S/c1-27(2)34(29,30)19-11-5-16(6-12-19)15-33-18-9-7-17(8-10-18)24(28)26-21-14-22(31-3)20(25)13-23(21)32-4/h5-14H,15H2,1-4H3,(H,26,28). The zero-order valence-electron chi connectivity index (χ0n) is 19.2. The van der Waals surface area contributed by atoms with Crippen LogP contribution < -0.4 is 19.5 Å². The fraction of sp³-hybridized carbons (Fsp3) is 0.208. The number of halogens is 1. The lowest BCUT2D eigenvalue weighted by atomic mass is 10.2. The van der Waals surface area contributed by atoms with E-state index in [-0.39, 0.29) is 17.4 Å². The highest BCUT2D eigenvalue weighted by atomic mass is 35.5. The number of anilines is 1. The van der Waals surface area contributed by atoms with Gasteiger partial charge in [0, 0.05) is 31.8 Å². The summed E-state index contributed by atoms with van der Waals surface area (Å²) in [6, 6.07) is 16.3. The molecule has 0 unspecified atom stereocenters. The van der Waals surface area contributed by atoms with Crippen LogP contribution in [0.4, 0.5) is 5.69 Å². The van der Waals surface area contributed by atoms with Crippen LogP contribution in [0.1, 0.15) is 15.9 Å². The molecule has 3 aromatic rings. The van der Waals surface area contributed by atoms with Gasteiger partial charge in [-0.15, -0.1) is 0 Å². The van der Waals surface area contributed by atoms with E-state index >= 15 is 0 Å². The molecule has 10 heteroatoms. The normalized spacial score (nSPS) is 11.2. The number of nitrogens with zero attached hydrogens (tertiary/aromatic N) is 1. The number of carbonyl (C=O) groups is 1. The third-order valence-electron chi connectivity index (χ3n) is 4.95.